The van der Waals surface area contributed by atoms with Crippen LogP contribution in [0.2, 0.25) is 0 Å². The summed E-state index contributed by atoms with van der Waals surface area (Å²) in [5.74, 6) is 0. The molecule has 0 spiro atoms. The molecule has 1 aromatic carbocycles. The van der Waals surface area contributed by atoms with Crippen LogP contribution in [-0.2, 0) is 0 Å². The van der Waals surface area contributed by atoms with Gasteiger partial charge < -0.3 is 5.11 Å². The number of nitrogens with zero attached hydrogens (tertiary/aromatic N) is 3. The Morgan fingerprint density at radius 2 is 2.16 bits per heavy atom. The third-order valence-corrected chi connectivity index (χ3v) is 3.52. The second-order valence-electron chi connectivity index (χ2n) is 4.12. The van der Waals surface area contributed by atoms with Crippen molar-refractivity contribution >= 4 is 11.8 Å². The molecule has 1 aromatic heterocycles. The van der Waals surface area contributed by atoms with E-state index in [2.05, 4.69) is 16.0 Å². The summed E-state index contributed by atoms with van der Waals surface area (Å²) in [5, 5.41) is 19.3. The highest BCUT2D eigenvalue weighted by atomic mass is 32.2. The monoisotopic (exact) mass is 271 g/mol. The van der Waals surface area contributed by atoms with Crippen molar-refractivity contribution in [2.24, 2.45) is 0 Å². The van der Waals surface area contributed by atoms with Crippen LogP contribution in [0.1, 0.15) is 29.8 Å². The minimum Gasteiger partial charge on any atom is -0.389 e. The van der Waals surface area contributed by atoms with Crippen molar-refractivity contribution in [1.82, 2.24) is 9.97 Å². The Balaban J connectivity index is 2.40. The first kappa shape index (κ1) is 13.5. The molecule has 0 bridgehead atoms. The SMILES string of the molecule is Cc1ccnc(Sc2cc(C#N)ccc2C(C)O)n1. The zero-order valence-corrected chi connectivity index (χ0v) is 11.5. The number of benzene rings is 1. The van der Waals surface area contributed by atoms with E-state index in [1.807, 2.05) is 13.0 Å². The van der Waals surface area contributed by atoms with Gasteiger partial charge in [0.1, 0.15) is 0 Å². The van der Waals surface area contributed by atoms with E-state index in [-0.39, 0.29) is 0 Å². The summed E-state index contributed by atoms with van der Waals surface area (Å²) in [4.78, 5) is 9.30. The van der Waals surface area contributed by atoms with Crippen molar-refractivity contribution in [3.8, 4) is 6.07 Å². The summed E-state index contributed by atoms with van der Waals surface area (Å²) in [6.07, 6.45) is 1.10. The quantitative estimate of drug-likeness (QED) is 0.869. The zero-order valence-electron chi connectivity index (χ0n) is 10.7. The van der Waals surface area contributed by atoms with E-state index in [0.717, 1.165) is 16.2 Å². The molecule has 2 rings (SSSR count). The third-order valence-electron chi connectivity index (χ3n) is 2.57. The van der Waals surface area contributed by atoms with Gasteiger partial charge in [-0.05, 0) is 49.4 Å². The predicted octanol–water partition coefficient (Wildman–Crippen LogP) is 2.86. The second-order valence-corrected chi connectivity index (χ2v) is 5.13. The molecule has 96 valence electrons. The molecule has 0 aliphatic heterocycles. The summed E-state index contributed by atoms with van der Waals surface area (Å²) in [7, 11) is 0. The van der Waals surface area contributed by atoms with Gasteiger partial charge >= 0.3 is 0 Å². The average Bonchev–Trinajstić information content (AvgIpc) is 2.38. The molecule has 2 aromatic rings. The van der Waals surface area contributed by atoms with Crippen molar-refractivity contribution in [2.45, 2.75) is 30.0 Å². The van der Waals surface area contributed by atoms with Crippen LogP contribution < -0.4 is 0 Å². The maximum atomic E-state index is 9.76. The molecule has 1 unspecified atom stereocenters. The molecular formula is C14H13N3OS. The lowest BCUT2D eigenvalue weighted by molar-refractivity contribution is 0.196. The summed E-state index contributed by atoms with van der Waals surface area (Å²) >= 11 is 1.35. The molecule has 0 fully saturated rings. The van der Waals surface area contributed by atoms with Crippen LogP contribution in [0.25, 0.3) is 0 Å². The molecule has 0 saturated carbocycles. The molecule has 0 aliphatic carbocycles. The van der Waals surface area contributed by atoms with Gasteiger partial charge in [-0.2, -0.15) is 5.26 Å². The molecule has 1 atom stereocenters. The number of aromatic nitrogens is 2. The standard InChI is InChI=1S/C14H13N3OS/c1-9-5-6-16-14(17-9)19-13-7-11(8-15)3-4-12(13)10(2)18/h3-7,10,18H,1-2H3. The number of nitriles is 1. The Labute approximate surface area is 116 Å². The van der Waals surface area contributed by atoms with E-state index in [1.165, 1.54) is 11.8 Å². The number of hydrogen-bond donors (Lipinski definition) is 1. The van der Waals surface area contributed by atoms with Crippen LogP contribution in [0, 0.1) is 18.3 Å². The maximum Gasteiger partial charge on any atom is 0.192 e. The Hall–Kier alpha value is -1.90. The van der Waals surface area contributed by atoms with E-state index in [0.29, 0.717) is 10.7 Å². The van der Waals surface area contributed by atoms with E-state index < -0.39 is 6.10 Å². The van der Waals surface area contributed by atoms with E-state index in [9.17, 15) is 5.11 Å². The van der Waals surface area contributed by atoms with Crippen LogP contribution in [0.3, 0.4) is 0 Å². The average molecular weight is 271 g/mol. The molecule has 0 saturated heterocycles. The van der Waals surface area contributed by atoms with Crippen LogP contribution in [0.5, 0.6) is 0 Å². The second kappa shape index (κ2) is 5.83. The van der Waals surface area contributed by atoms with Gasteiger partial charge in [-0.25, -0.2) is 9.97 Å². The number of aliphatic hydroxyl groups excluding tert-OH is 1. The maximum absolute atomic E-state index is 9.76. The first-order valence-corrected chi connectivity index (χ1v) is 6.61. The highest BCUT2D eigenvalue weighted by molar-refractivity contribution is 7.99. The lowest BCUT2D eigenvalue weighted by Crippen LogP contribution is -1.96. The van der Waals surface area contributed by atoms with Crippen molar-refractivity contribution < 1.29 is 5.11 Å². The molecule has 19 heavy (non-hydrogen) atoms. The minimum absolute atomic E-state index is 0.555. The fourth-order valence-electron chi connectivity index (χ4n) is 1.61. The van der Waals surface area contributed by atoms with Crippen LogP contribution in [-0.4, -0.2) is 15.1 Å². The van der Waals surface area contributed by atoms with Gasteiger partial charge in [0.2, 0.25) is 0 Å². The normalized spacial score (nSPS) is 11.9. The van der Waals surface area contributed by atoms with E-state index in [1.54, 1.807) is 31.3 Å². The number of rotatable bonds is 3. The molecule has 5 heteroatoms. The molecule has 1 heterocycles. The first-order valence-electron chi connectivity index (χ1n) is 5.80. The highest BCUT2D eigenvalue weighted by Crippen LogP contribution is 2.32. The number of aliphatic hydroxyl groups is 1. The summed E-state index contributed by atoms with van der Waals surface area (Å²) < 4.78 is 0. The lowest BCUT2D eigenvalue weighted by Gasteiger charge is -2.11. The summed E-state index contributed by atoms with van der Waals surface area (Å²) in [6.45, 7) is 3.59. The topological polar surface area (TPSA) is 69.8 Å². The van der Waals surface area contributed by atoms with Gasteiger partial charge in [0, 0.05) is 16.8 Å². The van der Waals surface area contributed by atoms with E-state index >= 15 is 0 Å². The third kappa shape index (κ3) is 3.31. The van der Waals surface area contributed by atoms with Gasteiger partial charge in [0.15, 0.2) is 5.16 Å². The summed E-state index contributed by atoms with van der Waals surface area (Å²) in [5.41, 5.74) is 2.21. The largest absolute Gasteiger partial charge is 0.389 e. The molecular weight excluding hydrogens is 258 g/mol. The lowest BCUT2D eigenvalue weighted by atomic mass is 10.1. The molecule has 4 nitrogen and oxygen atoms in total. The Kier molecular flexibility index (Phi) is 4.15. The Morgan fingerprint density at radius 1 is 1.37 bits per heavy atom. The predicted molar refractivity (Wildman–Crippen MR) is 72.7 cm³/mol. The van der Waals surface area contributed by atoms with Gasteiger partial charge in [0.05, 0.1) is 17.7 Å². The van der Waals surface area contributed by atoms with Gasteiger partial charge in [-0.15, -0.1) is 0 Å². The fraction of sp³-hybridized carbons (Fsp3) is 0.214. The Morgan fingerprint density at radius 3 is 2.79 bits per heavy atom. The minimum atomic E-state index is -0.597. The van der Waals surface area contributed by atoms with Gasteiger partial charge in [-0.3, -0.25) is 0 Å². The van der Waals surface area contributed by atoms with Crippen molar-refractivity contribution in [3.05, 3.63) is 47.3 Å². The van der Waals surface area contributed by atoms with Crippen molar-refractivity contribution in [3.63, 3.8) is 0 Å². The van der Waals surface area contributed by atoms with E-state index in [4.69, 9.17) is 5.26 Å². The molecule has 0 radical (unpaired) electrons. The summed E-state index contributed by atoms with van der Waals surface area (Å²) in [6, 6.07) is 9.13. The highest BCUT2D eigenvalue weighted by Gasteiger charge is 2.11. The number of aryl methyl sites for hydroxylation is 1. The molecule has 1 N–H and O–H groups in total. The van der Waals surface area contributed by atoms with Gasteiger partial charge in [-0.1, -0.05) is 6.07 Å². The smallest absolute Gasteiger partial charge is 0.192 e. The Bertz CT molecular complexity index is 635. The first-order chi connectivity index (χ1) is 9.10. The molecule has 0 amide bonds. The molecule has 0 aliphatic rings. The van der Waals surface area contributed by atoms with Crippen LogP contribution in [0.15, 0.2) is 40.5 Å². The number of hydrogen-bond acceptors (Lipinski definition) is 5. The van der Waals surface area contributed by atoms with Crippen LogP contribution >= 0.6 is 11.8 Å². The zero-order chi connectivity index (χ0) is 13.8. The van der Waals surface area contributed by atoms with Gasteiger partial charge in [0.25, 0.3) is 0 Å². The van der Waals surface area contributed by atoms with Crippen LogP contribution in [0.4, 0.5) is 0 Å². The van der Waals surface area contributed by atoms with Crippen molar-refractivity contribution in [2.75, 3.05) is 0 Å². The van der Waals surface area contributed by atoms with Crippen molar-refractivity contribution in [1.29, 1.82) is 5.26 Å². The fourth-order valence-corrected chi connectivity index (χ4v) is 2.65.